The van der Waals surface area contributed by atoms with Crippen molar-refractivity contribution in [2.75, 3.05) is 33.4 Å². The standard InChI is InChI=1S/C21H27N3O2/c1-3-20(19-10-7-11-22-21(19)25-2)23-14-18-16-24(12-13-26-18)15-17-8-5-4-6-9-17/h3-11,18,23H,12-16H2,1-2H3/b20-3+. The van der Waals surface area contributed by atoms with Gasteiger partial charge in [0.15, 0.2) is 0 Å². The molecule has 0 bridgehead atoms. The summed E-state index contributed by atoms with van der Waals surface area (Å²) in [6.07, 6.45) is 3.94. The van der Waals surface area contributed by atoms with Gasteiger partial charge in [-0.15, -0.1) is 0 Å². The first-order valence-corrected chi connectivity index (χ1v) is 9.07. The minimum atomic E-state index is 0.157. The summed E-state index contributed by atoms with van der Waals surface area (Å²) in [5.74, 6) is 0.628. The fraction of sp³-hybridized carbons (Fsp3) is 0.381. The fourth-order valence-electron chi connectivity index (χ4n) is 3.22. The Morgan fingerprint density at radius 2 is 2.15 bits per heavy atom. The van der Waals surface area contributed by atoms with Gasteiger partial charge in [-0.1, -0.05) is 36.4 Å². The van der Waals surface area contributed by atoms with Gasteiger partial charge in [0.05, 0.1) is 25.4 Å². The minimum Gasteiger partial charge on any atom is -0.481 e. The zero-order chi connectivity index (χ0) is 18.2. The van der Waals surface area contributed by atoms with E-state index in [2.05, 4.69) is 45.5 Å². The molecule has 5 heteroatoms. The van der Waals surface area contributed by atoms with E-state index < -0.39 is 0 Å². The first-order valence-electron chi connectivity index (χ1n) is 9.07. The predicted molar refractivity (Wildman–Crippen MR) is 104 cm³/mol. The first-order chi connectivity index (χ1) is 12.8. The van der Waals surface area contributed by atoms with Crippen LogP contribution in [0, 0.1) is 0 Å². The van der Waals surface area contributed by atoms with Gasteiger partial charge in [0, 0.05) is 38.1 Å². The number of rotatable bonds is 7. The third-order valence-corrected chi connectivity index (χ3v) is 4.54. The molecule has 0 amide bonds. The lowest BCUT2D eigenvalue weighted by Gasteiger charge is -2.33. The maximum Gasteiger partial charge on any atom is 0.222 e. The van der Waals surface area contributed by atoms with Gasteiger partial charge in [-0.3, -0.25) is 4.90 Å². The van der Waals surface area contributed by atoms with Crippen LogP contribution in [-0.2, 0) is 11.3 Å². The zero-order valence-electron chi connectivity index (χ0n) is 15.5. The van der Waals surface area contributed by atoms with Gasteiger partial charge in [-0.05, 0) is 24.6 Å². The summed E-state index contributed by atoms with van der Waals surface area (Å²) in [5, 5.41) is 3.50. The largest absolute Gasteiger partial charge is 0.481 e. The van der Waals surface area contributed by atoms with Crippen molar-refractivity contribution in [3.05, 3.63) is 65.9 Å². The lowest BCUT2D eigenvalue weighted by Crippen LogP contribution is -2.45. The number of methoxy groups -OCH3 is 1. The molecule has 5 nitrogen and oxygen atoms in total. The summed E-state index contributed by atoms with van der Waals surface area (Å²) in [7, 11) is 1.64. The molecule has 1 saturated heterocycles. The van der Waals surface area contributed by atoms with Crippen molar-refractivity contribution in [1.82, 2.24) is 15.2 Å². The van der Waals surface area contributed by atoms with E-state index in [4.69, 9.17) is 9.47 Å². The van der Waals surface area contributed by atoms with Crippen molar-refractivity contribution < 1.29 is 9.47 Å². The van der Waals surface area contributed by atoms with Gasteiger partial charge in [-0.25, -0.2) is 4.98 Å². The van der Waals surface area contributed by atoms with Gasteiger partial charge in [0.2, 0.25) is 5.88 Å². The van der Waals surface area contributed by atoms with Crippen LogP contribution in [0.3, 0.4) is 0 Å². The molecule has 1 aliphatic heterocycles. The summed E-state index contributed by atoms with van der Waals surface area (Å²) in [5.41, 5.74) is 3.32. The topological polar surface area (TPSA) is 46.6 Å². The van der Waals surface area contributed by atoms with Crippen LogP contribution in [0.25, 0.3) is 5.70 Å². The molecule has 1 unspecified atom stereocenters. The smallest absolute Gasteiger partial charge is 0.222 e. The van der Waals surface area contributed by atoms with E-state index in [-0.39, 0.29) is 6.10 Å². The lowest BCUT2D eigenvalue weighted by molar-refractivity contribution is -0.0283. The maximum atomic E-state index is 5.95. The van der Waals surface area contributed by atoms with Crippen molar-refractivity contribution in [3.63, 3.8) is 0 Å². The Labute approximate surface area is 155 Å². The van der Waals surface area contributed by atoms with Crippen LogP contribution in [0.5, 0.6) is 5.88 Å². The summed E-state index contributed by atoms with van der Waals surface area (Å²) in [6, 6.07) is 14.5. The van der Waals surface area contributed by atoms with Crippen LogP contribution >= 0.6 is 0 Å². The van der Waals surface area contributed by atoms with Crippen molar-refractivity contribution >= 4 is 5.70 Å². The Kier molecular flexibility index (Phi) is 6.63. The van der Waals surface area contributed by atoms with E-state index in [0.29, 0.717) is 5.88 Å². The molecule has 1 fully saturated rings. The number of hydrogen-bond acceptors (Lipinski definition) is 5. The average molecular weight is 353 g/mol. The number of aromatic nitrogens is 1. The SMILES string of the molecule is C/C=C(/NCC1CN(Cc2ccccc2)CCO1)c1cccnc1OC. The molecule has 0 aliphatic carbocycles. The van der Waals surface area contributed by atoms with E-state index in [1.165, 1.54) is 5.56 Å². The second-order valence-electron chi connectivity index (χ2n) is 6.36. The maximum absolute atomic E-state index is 5.95. The average Bonchev–Trinajstić information content (AvgIpc) is 2.70. The summed E-state index contributed by atoms with van der Waals surface area (Å²) >= 11 is 0. The lowest BCUT2D eigenvalue weighted by atomic mass is 10.1. The number of nitrogens with one attached hydrogen (secondary N) is 1. The number of ether oxygens (including phenoxy) is 2. The molecular formula is C21H27N3O2. The highest BCUT2D eigenvalue weighted by Gasteiger charge is 2.21. The number of pyridine rings is 1. The number of nitrogens with zero attached hydrogens (tertiary/aromatic N) is 2. The number of benzene rings is 1. The fourth-order valence-corrected chi connectivity index (χ4v) is 3.22. The third-order valence-electron chi connectivity index (χ3n) is 4.54. The van der Waals surface area contributed by atoms with Gasteiger partial charge >= 0.3 is 0 Å². The Morgan fingerprint density at radius 3 is 2.92 bits per heavy atom. The molecule has 26 heavy (non-hydrogen) atoms. The molecule has 2 aromatic rings. The molecule has 1 atom stereocenters. The highest BCUT2D eigenvalue weighted by atomic mass is 16.5. The van der Waals surface area contributed by atoms with Crippen molar-refractivity contribution in [1.29, 1.82) is 0 Å². The zero-order valence-corrected chi connectivity index (χ0v) is 15.5. The van der Waals surface area contributed by atoms with E-state index in [9.17, 15) is 0 Å². The Balaban J connectivity index is 1.56. The minimum absolute atomic E-state index is 0.157. The quantitative estimate of drug-likeness (QED) is 0.829. The number of allylic oxidation sites excluding steroid dienone is 1. The van der Waals surface area contributed by atoms with Crippen molar-refractivity contribution in [2.45, 2.75) is 19.6 Å². The van der Waals surface area contributed by atoms with Crippen LogP contribution in [0.4, 0.5) is 0 Å². The first kappa shape index (κ1) is 18.4. The number of hydrogen-bond donors (Lipinski definition) is 1. The molecule has 1 aromatic heterocycles. The molecule has 0 saturated carbocycles. The van der Waals surface area contributed by atoms with E-state index in [0.717, 1.165) is 44.0 Å². The second-order valence-corrected chi connectivity index (χ2v) is 6.36. The van der Waals surface area contributed by atoms with Crippen LogP contribution in [0.15, 0.2) is 54.7 Å². The Bertz CT molecular complexity index is 718. The van der Waals surface area contributed by atoms with Crippen molar-refractivity contribution in [3.8, 4) is 5.88 Å². The monoisotopic (exact) mass is 353 g/mol. The highest BCUT2D eigenvalue weighted by Crippen LogP contribution is 2.21. The van der Waals surface area contributed by atoms with Gasteiger partial charge in [0.1, 0.15) is 0 Å². The molecule has 1 aliphatic rings. The third kappa shape index (κ3) is 4.84. The summed E-state index contributed by atoms with van der Waals surface area (Å²) < 4.78 is 11.3. The molecule has 1 aromatic carbocycles. The summed E-state index contributed by atoms with van der Waals surface area (Å²) in [4.78, 5) is 6.73. The normalized spacial score (nSPS) is 18.5. The summed E-state index contributed by atoms with van der Waals surface area (Å²) in [6.45, 7) is 6.39. The van der Waals surface area contributed by atoms with Crippen molar-refractivity contribution in [2.24, 2.45) is 0 Å². The molecule has 138 valence electrons. The van der Waals surface area contributed by atoms with Gasteiger partial charge in [-0.2, -0.15) is 0 Å². The molecular weight excluding hydrogens is 326 g/mol. The van der Waals surface area contributed by atoms with E-state index in [1.54, 1.807) is 13.3 Å². The number of morpholine rings is 1. The highest BCUT2D eigenvalue weighted by molar-refractivity contribution is 5.67. The molecule has 0 spiro atoms. The molecule has 1 N–H and O–H groups in total. The molecule has 0 radical (unpaired) electrons. The van der Waals surface area contributed by atoms with Crippen LogP contribution in [0.1, 0.15) is 18.1 Å². The van der Waals surface area contributed by atoms with Crippen LogP contribution in [0.2, 0.25) is 0 Å². The second kappa shape index (κ2) is 9.36. The Hall–Kier alpha value is -2.37. The van der Waals surface area contributed by atoms with E-state index in [1.807, 2.05) is 25.1 Å². The molecule has 2 heterocycles. The van der Waals surface area contributed by atoms with Gasteiger partial charge < -0.3 is 14.8 Å². The molecule has 3 rings (SSSR count). The predicted octanol–water partition coefficient (Wildman–Crippen LogP) is 2.94. The van der Waals surface area contributed by atoms with Crippen LogP contribution in [-0.4, -0.2) is 49.3 Å². The Morgan fingerprint density at radius 1 is 1.31 bits per heavy atom. The van der Waals surface area contributed by atoms with Crippen LogP contribution < -0.4 is 10.1 Å². The van der Waals surface area contributed by atoms with Gasteiger partial charge in [0.25, 0.3) is 0 Å². The van der Waals surface area contributed by atoms with E-state index >= 15 is 0 Å².